The monoisotopic (exact) mass is 425 g/mol. The maximum absolute atomic E-state index is 12.4. The molecule has 1 aliphatic rings. The molecule has 0 radical (unpaired) electrons. The highest BCUT2D eigenvalue weighted by atomic mass is 79.9. The summed E-state index contributed by atoms with van der Waals surface area (Å²) in [5, 5.41) is 13.1. The standard InChI is InChI=1S/C15H13BrClN5OS/c16-10-1-2-12(19-8-10)20-14(23)9-3-5-22(6-4-9)15-11(7-18)13(17)21-24-15/h1-2,8-9H,3-6H2,(H,19,20,23). The highest BCUT2D eigenvalue weighted by molar-refractivity contribution is 9.10. The van der Waals surface area contributed by atoms with Crippen molar-refractivity contribution in [3.63, 3.8) is 0 Å². The second-order valence-corrected chi connectivity index (χ2v) is 7.40. The summed E-state index contributed by atoms with van der Waals surface area (Å²) in [5.41, 5.74) is 0.420. The molecule has 2 aromatic heterocycles. The van der Waals surface area contributed by atoms with Crippen LogP contribution in [0.4, 0.5) is 10.8 Å². The number of nitriles is 1. The van der Waals surface area contributed by atoms with Crippen LogP contribution < -0.4 is 10.2 Å². The molecule has 0 unspecified atom stereocenters. The molecule has 3 rings (SSSR count). The number of amides is 1. The van der Waals surface area contributed by atoms with Gasteiger partial charge in [0.15, 0.2) is 5.15 Å². The average molecular weight is 427 g/mol. The molecular formula is C15H13BrClN5OS. The lowest BCUT2D eigenvalue weighted by Crippen LogP contribution is -2.38. The minimum absolute atomic E-state index is 0.0210. The first-order valence-electron chi connectivity index (χ1n) is 7.31. The third kappa shape index (κ3) is 3.69. The minimum atomic E-state index is -0.0689. The third-order valence-corrected chi connectivity index (χ3v) is 5.63. The fourth-order valence-electron chi connectivity index (χ4n) is 2.60. The second-order valence-electron chi connectivity index (χ2n) is 5.38. The van der Waals surface area contributed by atoms with E-state index in [0.29, 0.717) is 37.3 Å². The topological polar surface area (TPSA) is 81.9 Å². The number of carbonyl (C=O) groups excluding carboxylic acids is 1. The van der Waals surface area contributed by atoms with Crippen LogP contribution in [0.5, 0.6) is 0 Å². The fraction of sp³-hybridized carbons (Fsp3) is 0.333. The van der Waals surface area contributed by atoms with Crippen molar-refractivity contribution in [1.82, 2.24) is 9.36 Å². The quantitative estimate of drug-likeness (QED) is 0.809. The maximum atomic E-state index is 12.4. The zero-order valence-corrected chi connectivity index (χ0v) is 15.7. The van der Waals surface area contributed by atoms with Crippen molar-refractivity contribution in [1.29, 1.82) is 5.26 Å². The molecule has 1 N–H and O–H groups in total. The van der Waals surface area contributed by atoms with E-state index in [1.165, 1.54) is 11.5 Å². The van der Waals surface area contributed by atoms with Crippen molar-refractivity contribution in [3.8, 4) is 6.07 Å². The van der Waals surface area contributed by atoms with Gasteiger partial charge >= 0.3 is 0 Å². The molecule has 6 nitrogen and oxygen atoms in total. The van der Waals surface area contributed by atoms with Crippen molar-refractivity contribution in [3.05, 3.63) is 33.5 Å². The second kappa shape index (κ2) is 7.47. The number of pyridine rings is 1. The predicted molar refractivity (Wildman–Crippen MR) is 97.3 cm³/mol. The van der Waals surface area contributed by atoms with Crippen LogP contribution in [0.2, 0.25) is 5.15 Å². The van der Waals surface area contributed by atoms with Crippen LogP contribution in [0, 0.1) is 17.2 Å². The molecule has 24 heavy (non-hydrogen) atoms. The van der Waals surface area contributed by atoms with Crippen LogP contribution >= 0.6 is 39.1 Å². The Balaban J connectivity index is 1.59. The number of piperidine rings is 1. The number of hydrogen-bond donors (Lipinski definition) is 1. The lowest BCUT2D eigenvalue weighted by atomic mass is 9.96. The Kier molecular flexibility index (Phi) is 5.33. The minimum Gasteiger partial charge on any atom is -0.361 e. The summed E-state index contributed by atoms with van der Waals surface area (Å²) < 4.78 is 4.90. The van der Waals surface area contributed by atoms with E-state index in [1.54, 1.807) is 12.3 Å². The van der Waals surface area contributed by atoms with Gasteiger partial charge in [0.05, 0.1) is 0 Å². The van der Waals surface area contributed by atoms with Gasteiger partial charge in [0.2, 0.25) is 5.91 Å². The average Bonchev–Trinajstić information content (AvgIpc) is 2.97. The van der Waals surface area contributed by atoms with E-state index in [-0.39, 0.29) is 17.0 Å². The zero-order valence-electron chi connectivity index (χ0n) is 12.5. The first kappa shape index (κ1) is 17.1. The van der Waals surface area contributed by atoms with Crippen molar-refractivity contribution < 1.29 is 4.79 Å². The van der Waals surface area contributed by atoms with Crippen molar-refractivity contribution in [2.75, 3.05) is 23.3 Å². The summed E-state index contributed by atoms with van der Waals surface area (Å²) in [4.78, 5) is 18.6. The number of carbonyl (C=O) groups is 1. The third-order valence-electron chi connectivity index (χ3n) is 3.88. The van der Waals surface area contributed by atoms with E-state index >= 15 is 0 Å². The van der Waals surface area contributed by atoms with Gasteiger partial charge in [-0.15, -0.1) is 0 Å². The Hall–Kier alpha value is -1.69. The van der Waals surface area contributed by atoms with Gasteiger partial charge in [0.25, 0.3) is 0 Å². The largest absolute Gasteiger partial charge is 0.361 e. The van der Waals surface area contributed by atoms with Crippen LogP contribution in [-0.2, 0) is 4.79 Å². The van der Waals surface area contributed by atoms with Gasteiger partial charge in [-0.2, -0.15) is 9.64 Å². The highest BCUT2D eigenvalue weighted by Crippen LogP contribution is 2.34. The number of nitrogens with one attached hydrogen (secondary N) is 1. The number of halogens is 2. The fourth-order valence-corrected chi connectivity index (χ4v) is 3.91. The van der Waals surface area contributed by atoms with E-state index in [9.17, 15) is 10.1 Å². The molecule has 0 aliphatic carbocycles. The normalized spacial score (nSPS) is 15.1. The van der Waals surface area contributed by atoms with Crippen LogP contribution in [0.15, 0.2) is 22.8 Å². The lowest BCUT2D eigenvalue weighted by molar-refractivity contribution is -0.120. The Bertz CT molecular complexity index is 780. The van der Waals surface area contributed by atoms with E-state index in [4.69, 9.17) is 11.6 Å². The number of nitrogens with zero attached hydrogens (tertiary/aromatic N) is 4. The van der Waals surface area contributed by atoms with Gasteiger partial charge in [-0.1, -0.05) is 11.6 Å². The summed E-state index contributed by atoms with van der Waals surface area (Å²) in [6.45, 7) is 1.39. The van der Waals surface area contributed by atoms with Gasteiger partial charge in [0, 0.05) is 29.7 Å². The summed E-state index contributed by atoms with van der Waals surface area (Å²) in [7, 11) is 0. The molecule has 0 bridgehead atoms. The number of hydrogen-bond acceptors (Lipinski definition) is 6. The summed E-state index contributed by atoms with van der Waals surface area (Å²) in [6, 6.07) is 5.69. The highest BCUT2D eigenvalue weighted by Gasteiger charge is 2.28. The number of anilines is 2. The number of aromatic nitrogens is 2. The van der Waals surface area contributed by atoms with Crippen LogP contribution in [-0.4, -0.2) is 28.4 Å². The molecule has 2 aromatic rings. The number of rotatable bonds is 3. The molecule has 124 valence electrons. The van der Waals surface area contributed by atoms with Crippen molar-refractivity contribution in [2.24, 2.45) is 5.92 Å². The van der Waals surface area contributed by atoms with E-state index in [0.717, 1.165) is 9.47 Å². The summed E-state index contributed by atoms with van der Waals surface area (Å²) in [5.74, 6) is 0.458. The SMILES string of the molecule is N#Cc1c(Cl)nsc1N1CCC(C(=O)Nc2ccc(Br)cn2)CC1. The molecule has 0 aromatic carbocycles. The van der Waals surface area contributed by atoms with Gasteiger partial charge in [0.1, 0.15) is 22.5 Å². The summed E-state index contributed by atoms with van der Waals surface area (Å²) >= 11 is 10.5. The molecule has 0 saturated carbocycles. The van der Waals surface area contributed by atoms with Crippen LogP contribution in [0.1, 0.15) is 18.4 Å². The first-order valence-corrected chi connectivity index (χ1v) is 9.25. The molecule has 1 aliphatic heterocycles. The van der Waals surface area contributed by atoms with Crippen LogP contribution in [0.3, 0.4) is 0 Å². The molecule has 0 atom stereocenters. The Labute approximate surface area is 156 Å². The molecule has 0 spiro atoms. The van der Waals surface area contributed by atoms with E-state index in [1.807, 2.05) is 6.07 Å². The first-order chi connectivity index (χ1) is 11.6. The maximum Gasteiger partial charge on any atom is 0.228 e. The van der Waals surface area contributed by atoms with Gasteiger partial charge < -0.3 is 10.2 Å². The van der Waals surface area contributed by atoms with Crippen LogP contribution in [0.25, 0.3) is 0 Å². The van der Waals surface area contributed by atoms with Gasteiger partial charge in [-0.25, -0.2) is 4.98 Å². The Morgan fingerprint density at radius 3 is 2.83 bits per heavy atom. The Morgan fingerprint density at radius 2 is 2.21 bits per heavy atom. The molecule has 3 heterocycles. The molecule has 1 fully saturated rings. The Morgan fingerprint density at radius 1 is 1.46 bits per heavy atom. The smallest absolute Gasteiger partial charge is 0.228 e. The van der Waals surface area contributed by atoms with Gasteiger partial charge in [-0.3, -0.25) is 4.79 Å². The van der Waals surface area contributed by atoms with Crippen molar-refractivity contribution >= 4 is 55.8 Å². The molecule has 1 saturated heterocycles. The molecular weight excluding hydrogens is 414 g/mol. The van der Waals surface area contributed by atoms with E-state index < -0.39 is 0 Å². The summed E-state index contributed by atoms with van der Waals surface area (Å²) in [6.07, 6.45) is 3.07. The molecule has 9 heteroatoms. The lowest BCUT2D eigenvalue weighted by Gasteiger charge is -2.31. The van der Waals surface area contributed by atoms with Gasteiger partial charge in [-0.05, 0) is 52.4 Å². The predicted octanol–water partition coefficient (Wildman–Crippen LogP) is 3.68. The van der Waals surface area contributed by atoms with Crippen molar-refractivity contribution in [2.45, 2.75) is 12.8 Å². The zero-order chi connectivity index (χ0) is 17.1. The molecule has 1 amide bonds. The van der Waals surface area contributed by atoms with E-state index in [2.05, 4.69) is 41.6 Å².